The molecule has 25 heavy (non-hydrogen) atoms. The van der Waals surface area contributed by atoms with Crippen LogP contribution in [0, 0.1) is 0 Å². The number of nitrogens with two attached hydrogens (primary N) is 1. The maximum absolute atomic E-state index is 12.6. The van der Waals surface area contributed by atoms with Gasteiger partial charge in [0.05, 0.1) is 11.4 Å². The molecule has 1 aromatic carbocycles. The number of nitrogen functional groups attached to an aromatic ring is 1. The maximum Gasteiger partial charge on any atom is 0.322 e. The number of aromatic nitrogens is 2. The summed E-state index contributed by atoms with van der Waals surface area (Å²) < 4.78 is 0. The predicted molar refractivity (Wildman–Crippen MR) is 96.6 cm³/mol. The highest BCUT2D eigenvalue weighted by molar-refractivity contribution is 5.94. The lowest BCUT2D eigenvalue weighted by Gasteiger charge is -2.18. The predicted octanol–water partition coefficient (Wildman–Crippen LogP) is 3.27. The molecule has 3 heterocycles. The summed E-state index contributed by atoms with van der Waals surface area (Å²) in [5, 5.41) is 2.92. The lowest BCUT2D eigenvalue weighted by Crippen LogP contribution is -2.30. The van der Waals surface area contributed by atoms with E-state index in [1.54, 1.807) is 35.8 Å². The number of urea groups is 1. The van der Waals surface area contributed by atoms with Crippen LogP contribution in [0.3, 0.4) is 0 Å². The summed E-state index contributed by atoms with van der Waals surface area (Å²) in [6.07, 6.45) is 7.06. The van der Waals surface area contributed by atoms with Crippen molar-refractivity contribution in [3.05, 3.63) is 72.3 Å². The fourth-order valence-corrected chi connectivity index (χ4v) is 2.94. The van der Waals surface area contributed by atoms with Crippen LogP contribution in [0.2, 0.25) is 0 Å². The van der Waals surface area contributed by atoms with E-state index in [2.05, 4.69) is 15.3 Å². The zero-order chi connectivity index (χ0) is 17.2. The molecule has 0 radical (unpaired) electrons. The number of rotatable bonds is 2. The van der Waals surface area contributed by atoms with Gasteiger partial charge in [-0.25, -0.2) is 4.79 Å². The number of pyridine rings is 2. The number of carbonyl (C=O) groups is 1. The van der Waals surface area contributed by atoms with Crippen LogP contribution in [-0.4, -0.2) is 20.9 Å². The van der Waals surface area contributed by atoms with E-state index in [4.69, 9.17) is 5.73 Å². The maximum atomic E-state index is 12.6. The zero-order valence-electron chi connectivity index (χ0n) is 13.5. The fraction of sp³-hybridized carbons (Fsp3) is 0.105. The van der Waals surface area contributed by atoms with Crippen LogP contribution < -0.4 is 11.1 Å². The first kappa shape index (κ1) is 15.1. The van der Waals surface area contributed by atoms with E-state index >= 15 is 0 Å². The second-order valence-corrected chi connectivity index (χ2v) is 5.97. The van der Waals surface area contributed by atoms with Crippen molar-refractivity contribution in [2.24, 2.45) is 0 Å². The van der Waals surface area contributed by atoms with Gasteiger partial charge in [0.25, 0.3) is 0 Å². The number of hydrogen-bond donors (Lipinski definition) is 2. The van der Waals surface area contributed by atoms with E-state index in [1.165, 1.54) is 0 Å². The number of carbonyl (C=O) groups excluding carboxylic acids is 1. The van der Waals surface area contributed by atoms with Crippen molar-refractivity contribution in [2.75, 3.05) is 11.1 Å². The molecule has 2 aromatic heterocycles. The number of benzene rings is 1. The Labute approximate surface area is 145 Å². The normalized spacial score (nSPS) is 12.7. The van der Waals surface area contributed by atoms with Crippen LogP contribution in [0.4, 0.5) is 16.2 Å². The molecule has 6 heteroatoms. The minimum absolute atomic E-state index is 0.175. The number of hydrogen-bond acceptors (Lipinski definition) is 4. The second kappa shape index (κ2) is 6.24. The Morgan fingerprint density at radius 3 is 2.64 bits per heavy atom. The van der Waals surface area contributed by atoms with Crippen LogP contribution >= 0.6 is 0 Å². The van der Waals surface area contributed by atoms with Gasteiger partial charge < -0.3 is 16.0 Å². The third kappa shape index (κ3) is 3.01. The number of fused-ring (bicyclic) bond motifs is 1. The molecule has 0 fully saturated rings. The first-order valence-corrected chi connectivity index (χ1v) is 7.98. The zero-order valence-corrected chi connectivity index (χ0v) is 13.5. The lowest BCUT2D eigenvalue weighted by atomic mass is 10.1. The minimum Gasteiger partial charge on any atom is -0.397 e. The standard InChI is InChI=1S/C19H17N5O/c20-17-4-3-13(14-2-1-6-21-9-14)8-18(17)23-19(25)24-11-15-5-7-22-10-16(15)12-24/h1-10H,11-12,20H2,(H,23,25). The summed E-state index contributed by atoms with van der Waals surface area (Å²) in [6.45, 7) is 1.13. The highest BCUT2D eigenvalue weighted by atomic mass is 16.2. The smallest absolute Gasteiger partial charge is 0.322 e. The molecule has 0 spiro atoms. The summed E-state index contributed by atoms with van der Waals surface area (Å²) >= 11 is 0. The second-order valence-electron chi connectivity index (χ2n) is 5.97. The first-order chi connectivity index (χ1) is 12.2. The Morgan fingerprint density at radius 2 is 1.84 bits per heavy atom. The van der Waals surface area contributed by atoms with Crippen molar-refractivity contribution in [3.63, 3.8) is 0 Å². The lowest BCUT2D eigenvalue weighted by molar-refractivity contribution is 0.212. The molecule has 6 nitrogen and oxygen atoms in total. The van der Waals surface area contributed by atoms with Crippen LogP contribution in [0.5, 0.6) is 0 Å². The monoisotopic (exact) mass is 331 g/mol. The minimum atomic E-state index is -0.175. The third-order valence-electron chi connectivity index (χ3n) is 4.30. The number of anilines is 2. The van der Waals surface area contributed by atoms with Crippen LogP contribution in [0.15, 0.2) is 61.2 Å². The van der Waals surface area contributed by atoms with Crippen LogP contribution in [-0.2, 0) is 13.1 Å². The van der Waals surface area contributed by atoms with E-state index in [-0.39, 0.29) is 6.03 Å². The molecule has 0 saturated carbocycles. The Balaban J connectivity index is 1.54. The van der Waals surface area contributed by atoms with Gasteiger partial charge >= 0.3 is 6.03 Å². The molecule has 0 aliphatic carbocycles. The van der Waals surface area contributed by atoms with Crippen LogP contribution in [0.25, 0.3) is 11.1 Å². The summed E-state index contributed by atoms with van der Waals surface area (Å²) in [4.78, 5) is 22.6. The molecule has 0 saturated heterocycles. The van der Waals surface area contributed by atoms with Crippen molar-refractivity contribution in [3.8, 4) is 11.1 Å². The summed E-state index contributed by atoms with van der Waals surface area (Å²) in [5.74, 6) is 0. The van der Waals surface area contributed by atoms with Crippen molar-refractivity contribution in [2.45, 2.75) is 13.1 Å². The van der Waals surface area contributed by atoms with E-state index in [0.29, 0.717) is 24.5 Å². The van der Waals surface area contributed by atoms with E-state index in [9.17, 15) is 4.79 Å². The molecule has 4 rings (SSSR count). The van der Waals surface area contributed by atoms with Gasteiger partial charge in [-0.2, -0.15) is 0 Å². The Bertz CT molecular complexity index is 901. The average Bonchev–Trinajstić information content (AvgIpc) is 3.08. The van der Waals surface area contributed by atoms with Crippen LogP contribution in [0.1, 0.15) is 11.1 Å². The van der Waals surface area contributed by atoms with Gasteiger partial charge in [0, 0.05) is 43.4 Å². The molecule has 124 valence electrons. The third-order valence-corrected chi connectivity index (χ3v) is 4.30. The molecule has 0 atom stereocenters. The number of nitrogens with one attached hydrogen (secondary N) is 1. The Hall–Kier alpha value is -3.41. The summed E-state index contributed by atoms with van der Waals surface area (Å²) in [6, 6.07) is 11.2. The van der Waals surface area contributed by atoms with Gasteiger partial charge in [0.2, 0.25) is 0 Å². The molecule has 3 N–H and O–H groups in total. The Morgan fingerprint density at radius 1 is 1.00 bits per heavy atom. The van der Waals surface area contributed by atoms with Gasteiger partial charge in [-0.1, -0.05) is 12.1 Å². The van der Waals surface area contributed by atoms with Gasteiger partial charge in [-0.05, 0) is 41.0 Å². The summed E-state index contributed by atoms with van der Waals surface area (Å²) in [7, 11) is 0. The quantitative estimate of drug-likeness (QED) is 0.706. The van der Waals surface area contributed by atoms with Gasteiger partial charge in [0.15, 0.2) is 0 Å². The largest absolute Gasteiger partial charge is 0.397 e. The van der Waals surface area contributed by atoms with Gasteiger partial charge in [-0.15, -0.1) is 0 Å². The average molecular weight is 331 g/mol. The topological polar surface area (TPSA) is 84.1 Å². The molecule has 0 bridgehead atoms. The Kier molecular flexibility index (Phi) is 3.78. The van der Waals surface area contributed by atoms with Crippen molar-refractivity contribution >= 4 is 17.4 Å². The molecule has 2 amide bonds. The van der Waals surface area contributed by atoms with E-state index in [0.717, 1.165) is 22.3 Å². The molecular formula is C19H17N5O. The van der Waals surface area contributed by atoms with Crippen molar-refractivity contribution in [1.29, 1.82) is 0 Å². The highest BCUT2D eigenvalue weighted by Crippen LogP contribution is 2.28. The van der Waals surface area contributed by atoms with E-state index < -0.39 is 0 Å². The molecule has 1 aliphatic heterocycles. The fourth-order valence-electron chi connectivity index (χ4n) is 2.94. The van der Waals surface area contributed by atoms with Crippen molar-refractivity contribution in [1.82, 2.24) is 14.9 Å². The van der Waals surface area contributed by atoms with Gasteiger partial charge in [-0.3, -0.25) is 9.97 Å². The molecule has 0 unspecified atom stereocenters. The van der Waals surface area contributed by atoms with E-state index in [1.807, 2.05) is 30.3 Å². The molecule has 3 aromatic rings. The first-order valence-electron chi connectivity index (χ1n) is 7.98. The van der Waals surface area contributed by atoms with Gasteiger partial charge in [0.1, 0.15) is 0 Å². The number of amides is 2. The van der Waals surface area contributed by atoms with Crippen molar-refractivity contribution < 1.29 is 4.79 Å². The highest BCUT2D eigenvalue weighted by Gasteiger charge is 2.23. The summed E-state index contributed by atoms with van der Waals surface area (Å²) in [5.41, 5.74) is 11.3. The SMILES string of the molecule is Nc1ccc(-c2cccnc2)cc1NC(=O)N1Cc2ccncc2C1. The molecule has 1 aliphatic rings. The number of nitrogens with zero attached hydrogens (tertiary/aromatic N) is 3. The molecular weight excluding hydrogens is 314 g/mol.